The Morgan fingerprint density at radius 2 is 2.06 bits per heavy atom. The van der Waals surface area contributed by atoms with Gasteiger partial charge < -0.3 is 19.9 Å². The summed E-state index contributed by atoms with van der Waals surface area (Å²) >= 11 is 0. The first-order valence-corrected chi connectivity index (χ1v) is 7.17. The Labute approximate surface area is 109 Å². The summed E-state index contributed by atoms with van der Waals surface area (Å²) in [7, 11) is 0. The number of urea groups is 1. The van der Waals surface area contributed by atoms with Gasteiger partial charge in [0.15, 0.2) is 0 Å². The molecule has 0 aromatic carbocycles. The number of hydrogen-bond donors (Lipinski definition) is 1. The molecule has 2 fully saturated rings. The summed E-state index contributed by atoms with van der Waals surface area (Å²) in [5, 5.41) is 3.34. The Morgan fingerprint density at radius 1 is 1.28 bits per heavy atom. The van der Waals surface area contributed by atoms with Gasteiger partial charge in [-0.05, 0) is 32.4 Å². The van der Waals surface area contributed by atoms with Crippen LogP contribution in [0.3, 0.4) is 0 Å². The van der Waals surface area contributed by atoms with Crippen LogP contribution in [0.15, 0.2) is 0 Å². The van der Waals surface area contributed by atoms with Crippen LogP contribution in [0.4, 0.5) is 4.79 Å². The average Bonchev–Trinajstić information content (AvgIpc) is 2.77. The molecule has 2 saturated heterocycles. The van der Waals surface area contributed by atoms with E-state index in [4.69, 9.17) is 4.74 Å². The lowest BCUT2D eigenvalue weighted by molar-refractivity contribution is 0.112. The third kappa shape index (κ3) is 3.36. The lowest BCUT2D eigenvalue weighted by Gasteiger charge is -2.31. The number of amides is 2. The van der Waals surface area contributed by atoms with E-state index in [1.807, 2.05) is 4.90 Å². The third-order valence-electron chi connectivity index (χ3n) is 3.73. The monoisotopic (exact) mass is 255 g/mol. The van der Waals surface area contributed by atoms with Gasteiger partial charge in [0.1, 0.15) is 0 Å². The van der Waals surface area contributed by atoms with Gasteiger partial charge in [-0.25, -0.2) is 4.79 Å². The van der Waals surface area contributed by atoms with Crippen LogP contribution in [0.25, 0.3) is 0 Å². The highest BCUT2D eigenvalue weighted by molar-refractivity contribution is 5.76. The van der Waals surface area contributed by atoms with Crippen LogP contribution < -0.4 is 5.32 Å². The maximum atomic E-state index is 12.2. The van der Waals surface area contributed by atoms with Gasteiger partial charge in [-0.15, -0.1) is 0 Å². The summed E-state index contributed by atoms with van der Waals surface area (Å²) in [6.45, 7) is 8.11. The first kappa shape index (κ1) is 13.6. The fourth-order valence-corrected chi connectivity index (χ4v) is 2.69. The molecule has 0 radical (unpaired) electrons. The molecule has 18 heavy (non-hydrogen) atoms. The highest BCUT2D eigenvalue weighted by Gasteiger charge is 2.33. The molecule has 0 aromatic rings. The number of carbonyl (C=O) groups excluding carboxylic acids is 1. The van der Waals surface area contributed by atoms with Crippen molar-refractivity contribution >= 4 is 6.03 Å². The van der Waals surface area contributed by atoms with E-state index in [9.17, 15) is 4.79 Å². The van der Waals surface area contributed by atoms with E-state index in [0.717, 1.165) is 58.6 Å². The summed E-state index contributed by atoms with van der Waals surface area (Å²) < 4.78 is 5.45. The smallest absolute Gasteiger partial charge is 0.320 e. The topological polar surface area (TPSA) is 44.8 Å². The minimum atomic E-state index is 0.210. The Bertz CT molecular complexity index is 267. The fraction of sp³-hybridized carbons (Fsp3) is 0.923. The Kier molecular flexibility index (Phi) is 5.26. The zero-order chi connectivity index (χ0) is 12.8. The molecular weight excluding hydrogens is 230 g/mol. The van der Waals surface area contributed by atoms with E-state index in [1.54, 1.807) is 0 Å². The van der Waals surface area contributed by atoms with Crippen molar-refractivity contribution < 1.29 is 9.53 Å². The highest BCUT2D eigenvalue weighted by atomic mass is 16.5. The minimum absolute atomic E-state index is 0.210. The SMILES string of the molecule is CCCOCCN1CCN(C2CCNCC2)C1=O. The Balaban J connectivity index is 1.74. The van der Waals surface area contributed by atoms with E-state index < -0.39 is 0 Å². The van der Waals surface area contributed by atoms with Crippen molar-refractivity contribution in [3.63, 3.8) is 0 Å². The molecule has 1 N–H and O–H groups in total. The quantitative estimate of drug-likeness (QED) is 0.717. The van der Waals surface area contributed by atoms with Gasteiger partial charge in [-0.1, -0.05) is 6.92 Å². The van der Waals surface area contributed by atoms with Crippen LogP contribution in [0.1, 0.15) is 26.2 Å². The van der Waals surface area contributed by atoms with Crippen LogP contribution in [-0.4, -0.2) is 67.8 Å². The summed E-state index contributed by atoms with van der Waals surface area (Å²) in [5.41, 5.74) is 0. The van der Waals surface area contributed by atoms with Gasteiger partial charge >= 0.3 is 6.03 Å². The lowest BCUT2D eigenvalue weighted by Crippen LogP contribution is -2.45. The largest absolute Gasteiger partial charge is 0.380 e. The summed E-state index contributed by atoms with van der Waals surface area (Å²) in [6, 6.07) is 0.655. The normalized spacial score (nSPS) is 21.9. The first-order valence-electron chi connectivity index (χ1n) is 7.17. The summed E-state index contributed by atoms with van der Waals surface area (Å²) in [6.07, 6.45) is 3.22. The Morgan fingerprint density at radius 3 is 2.78 bits per heavy atom. The van der Waals surface area contributed by atoms with E-state index in [1.165, 1.54) is 0 Å². The molecule has 104 valence electrons. The van der Waals surface area contributed by atoms with Gasteiger partial charge in [0.2, 0.25) is 0 Å². The maximum absolute atomic E-state index is 12.2. The van der Waals surface area contributed by atoms with Gasteiger partial charge in [-0.2, -0.15) is 0 Å². The molecule has 0 spiro atoms. The van der Waals surface area contributed by atoms with Gasteiger partial charge in [0.25, 0.3) is 0 Å². The summed E-state index contributed by atoms with van der Waals surface area (Å²) in [4.78, 5) is 16.2. The van der Waals surface area contributed by atoms with E-state index in [0.29, 0.717) is 12.6 Å². The predicted molar refractivity (Wildman–Crippen MR) is 70.7 cm³/mol. The van der Waals surface area contributed by atoms with E-state index >= 15 is 0 Å². The number of piperidine rings is 1. The lowest BCUT2D eigenvalue weighted by atomic mass is 10.1. The maximum Gasteiger partial charge on any atom is 0.320 e. The van der Waals surface area contributed by atoms with Crippen LogP contribution in [-0.2, 0) is 4.74 Å². The molecule has 0 saturated carbocycles. The molecule has 0 bridgehead atoms. The molecule has 5 nitrogen and oxygen atoms in total. The number of rotatable bonds is 6. The number of hydrogen-bond acceptors (Lipinski definition) is 3. The van der Waals surface area contributed by atoms with Crippen LogP contribution >= 0.6 is 0 Å². The summed E-state index contributed by atoms with van der Waals surface area (Å²) in [5.74, 6) is 0. The number of nitrogens with one attached hydrogen (secondary N) is 1. The van der Waals surface area contributed by atoms with E-state index in [-0.39, 0.29) is 6.03 Å². The minimum Gasteiger partial charge on any atom is -0.380 e. The first-order chi connectivity index (χ1) is 8.83. The van der Waals surface area contributed by atoms with Crippen molar-refractivity contribution in [3.8, 4) is 0 Å². The molecule has 0 atom stereocenters. The molecule has 2 rings (SSSR count). The van der Waals surface area contributed by atoms with Gasteiger partial charge in [0.05, 0.1) is 6.61 Å². The van der Waals surface area contributed by atoms with Crippen molar-refractivity contribution in [2.75, 3.05) is 45.9 Å². The number of ether oxygens (including phenoxy) is 1. The molecule has 2 aliphatic heterocycles. The standard InChI is InChI=1S/C13H25N3O2/c1-2-10-18-11-9-15-7-8-16(13(15)17)12-3-5-14-6-4-12/h12,14H,2-11H2,1H3. The van der Waals surface area contributed by atoms with Crippen LogP contribution in [0.5, 0.6) is 0 Å². The highest BCUT2D eigenvalue weighted by Crippen LogP contribution is 2.18. The Hall–Kier alpha value is -0.810. The van der Waals surface area contributed by atoms with Crippen molar-refractivity contribution in [3.05, 3.63) is 0 Å². The van der Waals surface area contributed by atoms with Crippen molar-refractivity contribution in [1.82, 2.24) is 15.1 Å². The molecule has 0 aliphatic carbocycles. The third-order valence-corrected chi connectivity index (χ3v) is 3.73. The van der Waals surface area contributed by atoms with Crippen molar-refractivity contribution in [2.24, 2.45) is 0 Å². The van der Waals surface area contributed by atoms with E-state index in [2.05, 4.69) is 17.1 Å². The second-order valence-corrected chi connectivity index (χ2v) is 5.06. The molecule has 2 heterocycles. The van der Waals surface area contributed by atoms with Gasteiger partial charge in [-0.3, -0.25) is 0 Å². The van der Waals surface area contributed by atoms with Crippen LogP contribution in [0, 0.1) is 0 Å². The fourth-order valence-electron chi connectivity index (χ4n) is 2.69. The molecule has 0 unspecified atom stereocenters. The molecule has 2 amide bonds. The molecule has 0 aromatic heterocycles. The zero-order valence-electron chi connectivity index (χ0n) is 11.4. The average molecular weight is 255 g/mol. The number of nitrogens with zero attached hydrogens (tertiary/aromatic N) is 2. The van der Waals surface area contributed by atoms with Gasteiger partial charge in [0, 0.05) is 32.3 Å². The van der Waals surface area contributed by atoms with Crippen LogP contribution in [0.2, 0.25) is 0 Å². The van der Waals surface area contributed by atoms with Crippen molar-refractivity contribution in [1.29, 1.82) is 0 Å². The number of carbonyl (C=O) groups is 1. The predicted octanol–water partition coefficient (Wildman–Crippen LogP) is 0.903. The second-order valence-electron chi connectivity index (χ2n) is 5.06. The molecular formula is C13H25N3O2. The zero-order valence-corrected chi connectivity index (χ0v) is 11.4. The second kappa shape index (κ2) is 6.95. The molecule has 5 heteroatoms. The molecule has 2 aliphatic rings. The van der Waals surface area contributed by atoms with Crippen molar-refractivity contribution in [2.45, 2.75) is 32.2 Å².